The molecule has 2 rings (SSSR count). The van der Waals surface area contributed by atoms with Gasteiger partial charge < -0.3 is 5.73 Å². The summed E-state index contributed by atoms with van der Waals surface area (Å²) < 4.78 is 0. The van der Waals surface area contributed by atoms with Gasteiger partial charge in [-0.15, -0.1) is 11.3 Å². The number of primary amides is 1. The molecular formula is C16H31N3OS. The Kier molecular flexibility index (Phi) is 11.2. The van der Waals surface area contributed by atoms with Gasteiger partial charge in [0.25, 0.3) is 5.91 Å². The Hall–Kier alpha value is -0.940. The molecule has 1 aliphatic heterocycles. The third kappa shape index (κ3) is 7.05. The molecule has 0 saturated carbocycles. The zero-order chi connectivity index (χ0) is 16.3. The summed E-state index contributed by atoms with van der Waals surface area (Å²) in [5.74, 6) is -0.398. The predicted molar refractivity (Wildman–Crippen MR) is 91.8 cm³/mol. The molecule has 1 amide bonds. The van der Waals surface area contributed by atoms with E-state index in [0.29, 0.717) is 5.69 Å². The van der Waals surface area contributed by atoms with E-state index < -0.39 is 5.91 Å². The van der Waals surface area contributed by atoms with E-state index in [2.05, 4.69) is 23.7 Å². The van der Waals surface area contributed by atoms with Gasteiger partial charge in [0.05, 0.1) is 9.88 Å². The second-order valence-electron chi connectivity index (χ2n) is 4.79. The molecule has 2 N–H and O–H groups in total. The average Bonchev–Trinajstić information content (AvgIpc) is 3.12. The molecule has 2 heterocycles. The lowest BCUT2D eigenvalue weighted by molar-refractivity contribution is 0.0994. The molecule has 0 unspecified atom stereocenters. The first-order chi connectivity index (χ1) is 10.1. The van der Waals surface area contributed by atoms with Crippen LogP contribution < -0.4 is 5.73 Å². The Morgan fingerprint density at radius 1 is 1.24 bits per heavy atom. The number of nitrogens with zero attached hydrogens (tertiary/aromatic N) is 2. The van der Waals surface area contributed by atoms with Crippen molar-refractivity contribution < 1.29 is 4.79 Å². The zero-order valence-electron chi connectivity index (χ0n) is 14.2. The number of amides is 1. The number of aromatic nitrogens is 1. The van der Waals surface area contributed by atoms with E-state index in [4.69, 9.17) is 5.73 Å². The highest BCUT2D eigenvalue weighted by Gasteiger charge is 2.19. The number of carbonyl (C=O) groups excluding carboxylic acids is 1. The smallest absolute Gasteiger partial charge is 0.268 e. The first kappa shape index (κ1) is 20.1. The number of hydrogen-bond donors (Lipinski definition) is 1. The summed E-state index contributed by atoms with van der Waals surface area (Å²) in [6, 6.07) is 0. The summed E-state index contributed by atoms with van der Waals surface area (Å²) >= 11 is 1.62. The van der Waals surface area contributed by atoms with E-state index in [1.54, 1.807) is 11.3 Å². The molecule has 0 spiro atoms. The maximum atomic E-state index is 11.3. The number of aryl methyl sites for hydroxylation is 1. The first-order valence-electron chi connectivity index (χ1n) is 8.13. The minimum atomic E-state index is -0.398. The van der Waals surface area contributed by atoms with Gasteiger partial charge in [-0.05, 0) is 32.4 Å². The van der Waals surface area contributed by atoms with Gasteiger partial charge in [0.1, 0.15) is 5.69 Å². The highest BCUT2D eigenvalue weighted by Crippen LogP contribution is 2.22. The monoisotopic (exact) mass is 313 g/mol. The number of nitrogens with two attached hydrogens (primary N) is 1. The largest absolute Gasteiger partial charge is 0.364 e. The lowest BCUT2D eigenvalue weighted by Crippen LogP contribution is -2.21. The molecule has 5 heteroatoms. The molecule has 0 atom stereocenters. The van der Waals surface area contributed by atoms with Crippen LogP contribution in [0.5, 0.6) is 0 Å². The quantitative estimate of drug-likeness (QED) is 0.918. The van der Waals surface area contributed by atoms with E-state index in [1.807, 2.05) is 20.8 Å². The van der Waals surface area contributed by atoms with Crippen LogP contribution in [0.25, 0.3) is 0 Å². The number of carbonyl (C=O) groups is 1. The van der Waals surface area contributed by atoms with Gasteiger partial charge in [-0.1, -0.05) is 41.0 Å². The van der Waals surface area contributed by atoms with Crippen LogP contribution in [0.1, 0.15) is 74.3 Å². The summed E-state index contributed by atoms with van der Waals surface area (Å²) in [5.41, 5.74) is 5.82. The second-order valence-corrected chi connectivity index (χ2v) is 5.96. The number of thiazole rings is 1. The van der Waals surface area contributed by atoms with Crippen molar-refractivity contribution in [2.24, 2.45) is 5.73 Å². The van der Waals surface area contributed by atoms with Crippen molar-refractivity contribution in [1.29, 1.82) is 0 Å². The zero-order valence-corrected chi connectivity index (χ0v) is 15.1. The Balaban J connectivity index is 0.000000713. The number of hydrogen-bond acceptors (Lipinski definition) is 4. The standard InChI is InChI=1S/C11H17N3OS.C3H8.C2H6/c1-2-9-13-10(11(12)15)8(16-9)7-14-5-3-4-6-14;1-3-2;1-2/h2-7H2,1H3,(H2,12,15);3H2,1-2H3;1-2H3. The van der Waals surface area contributed by atoms with Crippen molar-refractivity contribution in [3.8, 4) is 0 Å². The van der Waals surface area contributed by atoms with E-state index in [-0.39, 0.29) is 0 Å². The predicted octanol–water partition coefficient (Wildman–Crippen LogP) is 3.84. The van der Waals surface area contributed by atoms with Gasteiger partial charge in [-0.25, -0.2) is 4.98 Å². The van der Waals surface area contributed by atoms with E-state index >= 15 is 0 Å². The van der Waals surface area contributed by atoms with Crippen LogP contribution in [0.4, 0.5) is 0 Å². The van der Waals surface area contributed by atoms with Crippen LogP contribution in [0, 0.1) is 0 Å². The fourth-order valence-corrected chi connectivity index (χ4v) is 3.05. The van der Waals surface area contributed by atoms with Crippen molar-refractivity contribution >= 4 is 17.2 Å². The average molecular weight is 314 g/mol. The topological polar surface area (TPSA) is 59.2 Å². The maximum absolute atomic E-state index is 11.3. The van der Waals surface area contributed by atoms with Gasteiger partial charge in [-0.3, -0.25) is 9.69 Å². The van der Waals surface area contributed by atoms with Gasteiger partial charge in [0.15, 0.2) is 0 Å². The highest BCUT2D eigenvalue weighted by molar-refractivity contribution is 7.11. The molecule has 0 aliphatic carbocycles. The molecule has 4 nitrogen and oxygen atoms in total. The molecule has 1 aromatic heterocycles. The van der Waals surface area contributed by atoms with Gasteiger partial charge >= 0.3 is 0 Å². The van der Waals surface area contributed by atoms with Crippen molar-refractivity contribution in [1.82, 2.24) is 9.88 Å². The van der Waals surface area contributed by atoms with Crippen molar-refractivity contribution in [3.63, 3.8) is 0 Å². The fraction of sp³-hybridized carbons (Fsp3) is 0.750. The summed E-state index contributed by atoms with van der Waals surface area (Å²) in [6.45, 7) is 13.4. The van der Waals surface area contributed by atoms with Gasteiger partial charge in [0.2, 0.25) is 0 Å². The molecule has 21 heavy (non-hydrogen) atoms. The fourth-order valence-electron chi connectivity index (χ4n) is 2.00. The maximum Gasteiger partial charge on any atom is 0.268 e. The molecule has 1 fully saturated rings. The Labute approximate surface area is 133 Å². The third-order valence-electron chi connectivity index (χ3n) is 2.84. The summed E-state index contributed by atoms with van der Waals surface area (Å²) in [6.07, 6.45) is 4.63. The molecule has 122 valence electrons. The van der Waals surface area contributed by atoms with Crippen LogP contribution in [0.3, 0.4) is 0 Å². The molecule has 0 bridgehead atoms. The van der Waals surface area contributed by atoms with Crippen molar-refractivity contribution in [3.05, 3.63) is 15.6 Å². The lowest BCUT2D eigenvalue weighted by atomic mass is 10.3. The second kappa shape index (κ2) is 11.7. The number of rotatable bonds is 4. The molecule has 0 radical (unpaired) electrons. The minimum absolute atomic E-state index is 0.398. The summed E-state index contributed by atoms with van der Waals surface area (Å²) in [5, 5.41) is 1.00. The lowest BCUT2D eigenvalue weighted by Gasteiger charge is -2.12. The minimum Gasteiger partial charge on any atom is -0.364 e. The van der Waals surface area contributed by atoms with Crippen LogP contribution in [0.2, 0.25) is 0 Å². The Morgan fingerprint density at radius 2 is 1.76 bits per heavy atom. The molecule has 1 aromatic rings. The summed E-state index contributed by atoms with van der Waals surface area (Å²) in [7, 11) is 0. The van der Waals surface area contributed by atoms with Crippen LogP contribution in [-0.2, 0) is 13.0 Å². The van der Waals surface area contributed by atoms with E-state index in [1.165, 1.54) is 19.3 Å². The van der Waals surface area contributed by atoms with Crippen molar-refractivity contribution in [2.75, 3.05) is 13.1 Å². The number of likely N-dealkylation sites (tertiary alicyclic amines) is 1. The molecule has 1 aliphatic rings. The molecular weight excluding hydrogens is 282 g/mol. The Morgan fingerprint density at radius 3 is 2.19 bits per heavy atom. The van der Waals surface area contributed by atoms with Crippen molar-refractivity contribution in [2.45, 2.75) is 66.8 Å². The van der Waals surface area contributed by atoms with Crippen LogP contribution >= 0.6 is 11.3 Å². The molecule has 0 aromatic carbocycles. The van der Waals surface area contributed by atoms with Crippen LogP contribution in [0.15, 0.2) is 0 Å². The summed E-state index contributed by atoms with van der Waals surface area (Å²) in [4.78, 5) is 19.0. The third-order valence-corrected chi connectivity index (χ3v) is 4.03. The normalized spacial score (nSPS) is 14.0. The van der Waals surface area contributed by atoms with Gasteiger partial charge in [0, 0.05) is 6.54 Å². The SMILES string of the molecule is CC.CCC.CCc1nc(C(N)=O)c(CN2CCCC2)s1. The van der Waals surface area contributed by atoms with E-state index in [9.17, 15) is 4.79 Å². The highest BCUT2D eigenvalue weighted by atomic mass is 32.1. The Bertz CT molecular complexity index is 398. The first-order valence-corrected chi connectivity index (χ1v) is 8.94. The van der Waals surface area contributed by atoms with Crippen LogP contribution in [-0.4, -0.2) is 28.9 Å². The van der Waals surface area contributed by atoms with E-state index in [0.717, 1.165) is 35.9 Å². The van der Waals surface area contributed by atoms with Gasteiger partial charge in [-0.2, -0.15) is 0 Å². The molecule has 1 saturated heterocycles.